The first-order valence-corrected chi connectivity index (χ1v) is 16.4. The number of methoxy groups -OCH3 is 1. The van der Waals surface area contributed by atoms with Crippen molar-refractivity contribution >= 4 is 23.1 Å². The molecule has 6 rings (SSSR count). The van der Waals surface area contributed by atoms with Gasteiger partial charge in [0, 0.05) is 49.6 Å². The van der Waals surface area contributed by atoms with E-state index in [1.165, 1.54) is 30.0 Å². The second-order valence-electron chi connectivity index (χ2n) is 13.8. The zero-order valence-corrected chi connectivity index (χ0v) is 27.1. The molecule has 1 N–H and O–H groups in total. The summed E-state index contributed by atoms with van der Waals surface area (Å²) < 4.78 is 26.3. The summed E-state index contributed by atoms with van der Waals surface area (Å²) in [6.07, 6.45) is 4.42. The van der Waals surface area contributed by atoms with Gasteiger partial charge in [0.1, 0.15) is 11.6 Å². The number of ether oxygens (including phenoxy) is 2. The SMILES string of the molecule is COc1ccc(NC(=O)N(CC2CC3CCC(C2)N3Cc2ccc(C(C)(C)C)cc2)c2ccc(N3CCOCC3)c(F)c2)cc1. The monoisotopic (exact) mass is 614 g/mol. The second kappa shape index (κ2) is 13.4. The molecule has 0 spiro atoms. The van der Waals surface area contributed by atoms with Crippen LogP contribution in [0.1, 0.15) is 57.6 Å². The van der Waals surface area contributed by atoms with Crippen molar-refractivity contribution in [1.82, 2.24) is 4.90 Å². The highest BCUT2D eigenvalue weighted by molar-refractivity contribution is 6.01. The van der Waals surface area contributed by atoms with Gasteiger partial charge in [-0.15, -0.1) is 0 Å². The summed E-state index contributed by atoms with van der Waals surface area (Å²) in [7, 11) is 1.62. The van der Waals surface area contributed by atoms with Crippen molar-refractivity contribution < 1.29 is 18.7 Å². The van der Waals surface area contributed by atoms with Crippen LogP contribution in [-0.2, 0) is 16.7 Å². The number of rotatable bonds is 8. The molecule has 7 nitrogen and oxygen atoms in total. The van der Waals surface area contributed by atoms with Crippen LogP contribution in [0.15, 0.2) is 66.7 Å². The number of hydrogen-bond acceptors (Lipinski definition) is 5. The predicted molar refractivity (Wildman–Crippen MR) is 179 cm³/mol. The van der Waals surface area contributed by atoms with E-state index in [4.69, 9.17) is 9.47 Å². The number of hydrogen-bond donors (Lipinski definition) is 1. The first-order chi connectivity index (χ1) is 21.7. The van der Waals surface area contributed by atoms with Gasteiger partial charge < -0.3 is 19.7 Å². The Kier molecular flexibility index (Phi) is 9.33. The van der Waals surface area contributed by atoms with E-state index in [1.807, 2.05) is 35.2 Å². The topological polar surface area (TPSA) is 57.3 Å². The third-order valence-corrected chi connectivity index (χ3v) is 9.79. The number of benzene rings is 3. The minimum absolute atomic E-state index is 0.146. The summed E-state index contributed by atoms with van der Waals surface area (Å²) in [6.45, 7) is 10.7. The van der Waals surface area contributed by atoms with Crippen molar-refractivity contribution in [2.24, 2.45) is 5.92 Å². The molecule has 0 aliphatic carbocycles. The minimum Gasteiger partial charge on any atom is -0.497 e. The van der Waals surface area contributed by atoms with Crippen LogP contribution in [0.4, 0.5) is 26.2 Å². The second-order valence-corrected chi connectivity index (χ2v) is 13.8. The van der Waals surface area contributed by atoms with Crippen LogP contribution in [0.3, 0.4) is 0 Å². The molecule has 3 saturated heterocycles. The summed E-state index contributed by atoms with van der Waals surface area (Å²) >= 11 is 0. The Morgan fingerprint density at radius 3 is 2.24 bits per heavy atom. The molecule has 3 aliphatic heterocycles. The molecule has 2 atom stereocenters. The number of carbonyl (C=O) groups excluding carboxylic acids is 1. The summed E-state index contributed by atoms with van der Waals surface area (Å²) in [6, 6.07) is 22.3. The summed E-state index contributed by atoms with van der Waals surface area (Å²) in [5.74, 6) is 0.729. The lowest BCUT2D eigenvalue weighted by atomic mass is 9.86. The quantitative estimate of drug-likeness (QED) is 0.286. The largest absolute Gasteiger partial charge is 0.497 e. The lowest BCUT2D eigenvalue weighted by Gasteiger charge is -2.40. The summed E-state index contributed by atoms with van der Waals surface area (Å²) in [4.78, 5) is 20.3. The summed E-state index contributed by atoms with van der Waals surface area (Å²) in [5.41, 5.74) is 4.66. The van der Waals surface area contributed by atoms with Crippen molar-refractivity contribution in [3.8, 4) is 5.75 Å². The molecule has 3 aromatic carbocycles. The molecule has 45 heavy (non-hydrogen) atoms. The lowest BCUT2D eigenvalue weighted by molar-refractivity contribution is 0.0985. The Labute approximate surface area is 267 Å². The average molecular weight is 615 g/mol. The Morgan fingerprint density at radius 2 is 1.64 bits per heavy atom. The van der Waals surface area contributed by atoms with Crippen molar-refractivity contribution in [2.75, 3.05) is 55.1 Å². The number of halogens is 1. The molecular formula is C37H47FN4O3. The van der Waals surface area contributed by atoms with E-state index in [1.54, 1.807) is 18.1 Å². The first kappa shape index (κ1) is 31.4. The zero-order chi connectivity index (χ0) is 31.6. The molecule has 8 heteroatoms. The zero-order valence-electron chi connectivity index (χ0n) is 27.1. The van der Waals surface area contributed by atoms with Gasteiger partial charge in [-0.2, -0.15) is 0 Å². The molecule has 240 valence electrons. The van der Waals surface area contributed by atoms with Crippen molar-refractivity contribution in [2.45, 2.75) is 70.5 Å². The molecule has 3 heterocycles. The maximum atomic E-state index is 15.6. The maximum absolute atomic E-state index is 15.6. The van der Waals surface area contributed by atoms with Crippen molar-refractivity contribution in [3.63, 3.8) is 0 Å². The van der Waals surface area contributed by atoms with Gasteiger partial charge in [0.05, 0.1) is 26.0 Å². The van der Waals surface area contributed by atoms with Crippen LogP contribution < -0.4 is 19.9 Å². The number of urea groups is 1. The lowest BCUT2D eigenvalue weighted by Crippen LogP contribution is -2.47. The Balaban J connectivity index is 1.18. The molecule has 3 fully saturated rings. The number of nitrogens with one attached hydrogen (secondary N) is 1. The number of piperidine rings is 1. The van der Waals surface area contributed by atoms with Gasteiger partial charge in [0.25, 0.3) is 0 Å². The third kappa shape index (κ3) is 7.28. The fourth-order valence-corrected chi connectivity index (χ4v) is 7.27. The number of amides is 2. The van der Waals surface area contributed by atoms with Crippen molar-refractivity contribution in [1.29, 1.82) is 0 Å². The van der Waals surface area contributed by atoms with E-state index in [9.17, 15) is 4.79 Å². The van der Waals surface area contributed by atoms with E-state index in [0.29, 0.717) is 67.9 Å². The Hall–Kier alpha value is -3.62. The number of nitrogens with zero attached hydrogens (tertiary/aromatic N) is 3. The van der Waals surface area contributed by atoms with E-state index in [0.717, 1.165) is 25.1 Å². The van der Waals surface area contributed by atoms with Crippen LogP contribution in [0.5, 0.6) is 5.75 Å². The maximum Gasteiger partial charge on any atom is 0.326 e. The molecule has 3 aliphatic rings. The molecule has 0 aromatic heterocycles. The van der Waals surface area contributed by atoms with Crippen LogP contribution in [0.25, 0.3) is 0 Å². The molecule has 2 amide bonds. The smallest absolute Gasteiger partial charge is 0.326 e. The van der Waals surface area contributed by atoms with Gasteiger partial charge >= 0.3 is 6.03 Å². The highest BCUT2D eigenvalue weighted by Gasteiger charge is 2.41. The molecule has 0 saturated carbocycles. The van der Waals surface area contributed by atoms with Gasteiger partial charge in [-0.05, 0) is 90.6 Å². The van der Waals surface area contributed by atoms with E-state index in [-0.39, 0.29) is 17.3 Å². The molecular weight excluding hydrogens is 567 g/mol. The van der Waals surface area contributed by atoms with Crippen LogP contribution in [0, 0.1) is 11.7 Å². The molecule has 2 bridgehead atoms. The number of fused-ring (bicyclic) bond motifs is 2. The molecule has 2 unspecified atom stereocenters. The highest BCUT2D eigenvalue weighted by atomic mass is 19.1. The van der Waals surface area contributed by atoms with E-state index in [2.05, 4.69) is 55.3 Å². The van der Waals surface area contributed by atoms with Crippen LogP contribution >= 0.6 is 0 Å². The third-order valence-electron chi connectivity index (χ3n) is 9.79. The number of anilines is 3. The minimum atomic E-state index is -0.316. The van der Waals surface area contributed by atoms with Gasteiger partial charge in [-0.1, -0.05) is 45.0 Å². The number of morpholine rings is 1. The standard InChI is InChI=1S/C37H47FN4O3/c1-37(2,3)28-7-5-26(6-8-28)24-41-30-11-12-31(41)22-27(21-30)25-42(36(43)39-29-9-14-33(44-4)15-10-29)32-13-16-35(34(38)23-32)40-17-19-45-20-18-40/h5-10,13-16,23,27,30-31H,11-12,17-22,24-25H2,1-4H3,(H,39,43). The molecule has 3 aromatic rings. The Morgan fingerprint density at radius 1 is 0.978 bits per heavy atom. The highest BCUT2D eigenvalue weighted by Crippen LogP contribution is 2.41. The van der Waals surface area contributed by atoms with E-state index >= 15 is 4.39 Å². The van der Waals surface area contributed by atoms with E-state index < -0.39 is 0 Å². The van der Waals surface area contributed by atoms with Gasteiger partial charge in [-0.3, -0.25) is 9.80 Å². The summed E-state index contributed by atoms with van der Waals surface area (Å²) in [5, 5.41) is 3.04. The number of carbonyl (C=O) groups is 1. The molecule has 0 radical (unpaired) electrons. The van der Waals surface area contributed by atoms with Crippen molar-refractivity contribution in [3.05, 3.63) is 83.7 Å². The fourth-order valence-electron chi connectivity index (χ4n) is 7.27. The predicted octanol–water partition coefficient (Wildman–Crippen LogP) is 7.45. The van der Waals surface area contributed by atoms with Gasteiger partial charge in [0.2, 0.25) is 0 Å². The first-order valence-electron chi connectivity index (χ1n) is 16.4. The average Bonchev–Trinajstić information content (AvgIpc) is 3.26. The van der Waals surface area contributed by atoms with Crippen LogP contribution in [-0.4, -0.2) is 63.0 Å². The van der Waals surface area contributed by atoms with Crippen LogP contribution in [0.2, 0.25) is 0 Å². The van der Waals surface area contributed by atoms with Gasteiger partial charge in [0.15, 0.2) is 0 Å². The Bertz CT molecular complexity index is 1440. The normalized spacial score (nSPS) is 21.9. The van der Waals surface area contributed by atoms with Gasteiger partial charge in [-0.25, -0.2) is 9.18 Å². The fraction of sp³-hybridized carbons (Fsp3) is 0.486.